The van der Waals surface area contributed by atoms with Crippen LogP contribution in [0.5, 0.6) is 0 Å². The van der Waals surface area contributed by atoms with Crippen LogP contribution >= 0.6 is 0 Å². The molecule has 1 radical (unpaired) electrons. The van der Waals surface area contributed by atoms with Crippen molar-refractivity contribution in [1.82, 2.24) is 0 Å². The molecule has 0 aliphatic heterocycles. The van der Waals surface area contributed by atoms with E-state index in [0.717, 1.165) is 37.8 Å². The van der Waals surface area contributed by atoms with Crippen molar-refractivity contribution >= 4 is 52.9 Å². The molecule has 3 rings (SSSR count). The van der Waals surface area contributed by atoms with Crippen LogP contribution < -0.4 is 0 Å². The first-order chi connectivity index (χ1) is 21.1. The normalized spacial score (nSPS) is 15.2. The van der Waals surface area contributed by atoms with Crippen LogP contribution in [-0.4, -0.2) is 136 Å². The van der Waals surface area contributed by atoms with Crippen molar-refractivity contribution in [2.45, 2.75) is 30.6 Å². The summed E-state index contributed by atoms with van der Waals surface area (Å²) in [5.41, 5.74) is -1.11. The van der Waals surface area contributed by atoms with Crippen LogP contribution in [0.25, 0.3) is 0 Å². The number of aromatic carboxylic acids is 4. The van der Waals surface area contributed by atoms with Crippen LogP contribution in [0.1, 0.15) is 67.1 Å². The van der Waals surface area contributed by atoms with Gasteiger partial charge >= 0.3 is 23.9 Å². The van der Waals surface area contributed by atoms with E-state index < -0.39 is 50.0 Å². The van der Waals surface area contributed by atoms with Gasteiger partial charge < -0.3 is 45.6 Å². The Hall–Kier alpha value is -3.37. The van der Waals surface area contributed by atoms with E-state index >= 15 is 0 Å². The van der Waals surface area contributed by atoms with Gasteiger partial charge in [0, 0.05) is 32.1 Å². The Balaban J connectivity index is 0. The van der Waals surface area contributed by atoms with Crippen LogP contribution in [0.3, 0.4) is 0 Å². The van der Waals surface area contributed by atoms with Gasteiger partial charge in [0.05, 0.1) is 53.6 Å². The minimum absolute atomic E-state index is 0. The number of hydrogen-bond acceptors (Lipinski definition) is 11. The van der Waals surface area contributed by atoms with Crippen molar-refractivity contribution in [1.29, 1.82) is 0 Å². The molecule has 0 heterocycles. The number of carboxylic acid groups (broad SMARTS) is 4. The average molecular weight is 670 g/mol. The molecule has 2 aromatic rings. The number of aliphatic hydroxyl groups excluding tert-OH is 4. The largest absolute Gasteiger partial charge is 0.478 e. The topological polar surface area (TPSA) is 294 Å². The summed E-state index contributed by atoms with van der Waals surface area (Å²) >= 11 is 0. The number of benzene rings is 2. The van der Waals surface area contributed by atoms with Crippen molar-refractivity contribution in [3.8, 4) is 0 Å². The molecule has 2 aromatic carbocycles. The molecule has 0 atom stereocenters. The van der Waals surface area contributed by atoms with Gasteiger partial charge in [0.15, 0.2) is 0 Å². The summed E-state index contributed by atoms with van der Waals surface area (Å²) < 4.78 is 34.8. The molecule has 253 valence electrons. The second-order valence-electron chi connectivity index (χ2n) is 9.33. The van der Waals surface area contributed by atoms with Gasteiger partial charge in [0.1, 0.15) is 0 Å². The fourth-order valence-corrected chi connectivity index (χ4v) is 4.16. The van der Waals surface area contributed by atoms with E-state index in [4.69, 9.17) is 45.4 Å². The van der Waals surface area contributed by atoms with Crippen molar-refractivity contribution < 1.29 is 77.7 Å². The van der Waals surface area contributed by atoms with E-state index in [2.05, 4.69) is 4.74 Å². The molecule has 0 saturated heterocycles. The Bertz CT molecular complexity index is 1260. The smallest absolute Gasteiger partial charge is 0.335 e. The molecule has 16 nitrogen and oxygen atoms in total. The predicted molar refractivity (Wildman–Crippen MR) is 161 cm³/mol. The molecule has 1 saturated carbocycles. The second-order valence-corrected chi connectivity index (χ2v) is 10.8. The van der Waals surface area contributed by atoms with Crippen LogP contribution in [0.4, 0.5) is 0 Å². The first kappa shape index (κ1) is 44.8. The van der Waals surface area contributed by atoms with Crippen molar-refractivity contribution in [2.75, 3.05) is 39.6 Å². The maximum Gasteiger partial charge on any atom is 0.335 e. The van der Waals surface area contributed by atoms with Gasteiger partial charge in [-0.3, -0.25) is 4.55 Å². The summed E-state index contributed by atoms with van der Waals surface area (Å²) in [6.07, 6.45) is 4.40. The van der Waals surface area contributed by atoms with Gasteiger partial charge in [-0.15, -0.1) is 0 Å². The number of ether oxygens (including phenoxy) is 1. The molecule has 0 bridgehead atoms. The van der Waals surface area contributed by atoms with Crippen molar-refractivity contribution in [2.24, 2.45) is 11.8 Å². The van der Waals surface area contributed by atoms with Gasteiger partial charge in [0.2, 0.25) is 0 Å². The van der Waals surface area contributed by atoms with E-state index in [1.165, 1.54) is 18.2 Å². The molecule has 1 aliphatic carbocycles. The Labute approximate surface area is 276 Å². The maximum atomic E-state index is 10.8. The fourth-order valence-electron chi connectivity index (χ4n) is 3.61. The first-order valence-electron chi connectivity index (χ1n) is 13.3. The fraction of sp³-hybridized carbons (Fsp3) is 0.429. The number of carboxylic acids is 4. The Morgan fingerprint density at radius 2 is 0.957 bits per heavy atom. The van der Waals surface area contributed by atoms with Gasteiger partial charge in [-0.1, -0.05) is 6.07 Å². The third-order valence-corrected chi connectivity index (χ3v) is 6.84. The van der Waals surface area contributed by atoms with Crippen LogP contribution in [0.15, 0.2) is 47.4 Å². The van der Waals surface area contributed by atoms with E-state index in [1.807, 2.05) is 0 Å². The summed E-state index contributed by atoms with van der Waals surface area (Å²) in [6, 6.07) is 7.33. The molecule has 0 spiro atoms. The molecule has 18 heteroatoms. The number of rotatable bonds is 11. The van der Waals surface area contributed by atoms with Crippen molar-refractivity contribution in [3.05, 3.63) is 64.7 Å². The second kappa shape index (κ2) is 23.9. The number of aliphatic hydroxyl groups is 4. The standard InChI is InChI=1S/C8H6O7S.C8H6O4.C8H16O2.C4H10O3.Li/c9-7(10)4-1-5(8(11)12)3-6(2-4)16(13,14)15;9-7(10)5-2-1-3-6(4-5)8(11)12;9-5-7-1-2-8(6-10)4-3-7;5-1-3-7-4-2-6;/h1-3H,(H,9,10)(H,11,12)(H,13,14,15);1-4H,(H,9,10)(H,11,12);7-10H,1-6H2;5-6H,1-4H2;. The maximum absolute atomic E-state index is 10.8. The molecule has 46 heavy (non-hydrogen) atoms. The average Bonchev–Trinajstić information content (AvgIpc) is 3.01. The summed E-state index contributed by atoms with van der Waals surface area (Å²) in [5, 5.41) is 68.0. The zero-order valence-corrected chi connectivity index (χ0v) is 25.9. The van der Waals surface area contributed by atoms with Gasteiger partial charge in [-0.25, -0.2) is 19.2 Å². The van der Waals surface area contributed by atoms with Gasteiger partial charge in [-0.05, 0) is 73.9 Å². The third-order valence-electron chi connectivity index (χ3n) is 6.01. The van der Waals surface area contributed by atoms with E-state index in [0.29, 0.717) is 50.4 Å². The molecule has 9 N–H and O–H groups in total. The minimum atomic E-state index is -4.64. The molecule has 0 aromatic heterocycles. The van der Waals surface area contributed by atoms with Crippen LogP contribution in [0, 0.1) is 11.8 Å². The first-order valence-corrected chi connectivity index (χ1v) is 14.7. The van der Waals surface area contributed by atoms with Crippen molar-refractivity contribution in [3.63, 3.8) is 0 Å². The Morgan fingerprint density at radius 3 is 1.22 bits per heavy atom. The zero-order valence-electron chi connectivity index (χ0n) is 25.1. The van der Waals surface area contributed by atoms with Crippen LogP contribution in [0.2, 0.25) is 0 Å². The molecular formula is C28H38LiO16S. The SMILES string of the molecule is O=C(O)c1cc(C(=O)O)cc(S(=O)(=O)O)c1.O=C(O)c1cccc(C(=O)O)c1.OCC1CCC(CO)CC1.OCCOCCO.[Li]. The summed E-state index contributed by atoms with van der Waals surface area (Å²) in [5.74, 6) is -4.21. The zero-order chi connectivity index (χ0) is 34.6. The Kier molecular flexibility index (Phi) is 23.2. The van der Waals surface area contributed by atoms with Crippen LogP contribution in [-0.2, 0) is 14.9 Å². The van der Waals surface area contributed by atoms with E-state index in [9.17, 15) is 27.6 Å². The van der Waals surface area contributed by atoms with E-state index in [-0.39, 0.29) is 43.2 Å². The molecule has 0 unspecified atom stereocenters. The molecular weight excluding hydrogens is 631 g/mol. The molecule has 1 aliphatic rings. The minimum Gasteiger partial charge on any atom is -0.478 e. The number of carbonyl (C=O) groups is 4. The summed E-state index contributed by atoms with van der Waals surface area (Å²) in [7, 11) is -4.64. The molecule has 1 fully saturated rings. The Morgan fingerprint density at radius 1 is 0.630 bits per heavy atom. The molecule has 0 amide bonds. The summed E-state index contributed by atoms with van der Waals surface area (Å²) in [6.45, 7) is 1.36. The monoisotopic (exact) mass is 669 g/mol. The van der Waals surface area contributed by atoms with E-state index in [1.54, 1.807) is 0 Å². The quantitative estimate of drug-likeness (QED) is 0.0908. The van der Waals surface area contributed by atoms with Gasteiger partial charge in [-0.2, -0.15) is 8.42 Å². The number of hydrogen-bond donors (Lipinski definition) is 9. The predicted octanol–water partition coefficient (Wildman–Crippen LogP) is 0.797. The van der Waals surface area contributed by atoms with Gasteiger partial charge in [0.25, 0.3) is 10.1 Å². The summed E-state index contributed by atoms with van der Waals surface area (Å²) in [4.78, 5) is 41.2. The third kappa shape index (κ3) is 18.6.